The number of hydrogen-bond donors (Lipinski definition) is 1. The van der Waals surface area contributed by atoms with Crippen LogP contribution in [0.25, 0.3) is 0 Å². The molecule has 1 atom stereocenters. The van der Waals surface area contributed by atoms with Gasteiger partial charge in [-0.1, -0.05) is 0 Å². The van der Waals surface area contributed by atoms with E-state index in [4.69, 9.17) is 28.3 Å². The van der Waals surface area contributed by atoms with E-state index in [1.165, 1.54) is 0 Å². The van der Waals surface area contributed by atoms with Crippen molar-refractivity contribution < 1.29 is 5.11 Å². The summed E-state index contributed by atoms with van der Waals surface area (Å²) in [6.07, 6.45) is -0.867. The molecule has 0 aliphatic rings. The van der Waals surface area contributed by atoms with E-state index in [1.807, 2.05) is 0 Å². The molecule has 0 aromatic carbocycles. The van der Waals surface area contributed by atoms with Crippen LogP contribution in [0.3, 0.4) is 0 Å². The van der Waals surface area contributed by atoms with E-state index < -0.39 is 10.9 Å². The monoisotopic (exact) mass is 127 g/mol. The normalized spacial score (nSPS) is 15.5. The third-order valence-electron chi connectivity index (χ3n) is 0.291. The van der Waals surface area contributed by atoms with Gasteiger partial charge in [0.2, 0.25) is 0 Å². The van der Waals surface area contributed by atoms with Crippen LogP contribution in [0.4, 0.5) is 0 Å². The van der Waals surface area contributed by atoms with Gasteiger partial charge in [0.1, 0.15) is 4.84 Å². The number of halogens is 2. The molecule has 0 bridgehead atoms. The zero-order valence-electron chi connectivity index (χ0n) is 3.06. The Morgan fingerprint density at radius 3 is 1.67 bits per heavy atom. The lowest BCUT2D eigenvalue weighted by Gasteiger charge is -1.99. The highest BCUT2D eigenvalue weighted by atomic mass is 35.5. The van der Waals surface area contributed by atoms with Gasteiger partial charge >= 0.3 is 0 Å². The fourth-order valence-corrected chi connectivity index (χ4v) is 0. The molecule has 6 heavy (non-hydrogen) atoms. The fraction of sp³-hybridized carbons (Fsp3) is 0.667. The molecule has 3 heteroatoms. The highest BCUT2D eigenvalue weighted by molar-refractivity contribution is 6.44. The van der Waals surface area contributed by atoms with Gasteiger partial charge in [0.15, 0.2) is 0 Å². The summed E-state index contributed by atoms with van der Waals surface area (Å²) in [7, 11) is 0. The SMILES string of the molecule is [CH2]C(O)C(Cl)Cl. The molecule has 0 fully saturated rings. The standard InChI is InChI=1S/C3H5Cl2O/c1-2(6)3(4)5/h2-3,6H,1H2. The first-order valence-corrected chi connectivity index (χ1v) is 2.31. The van der Waals surface area contributed by atoms with Crippen molar-refractivity contribution in [3.63, 3.8) is 0 Å². The van der Waals surface area contributed by atoms with Crippen molar-refractivity contribution in [1.82, 2.24) is 0 Å². The minimum atomic E-state index is -0.867. The van der Waals surface area contributed by atoms with Crippen molar-refractivity contribution in [2.24, 2.45) is 0 Å². The molecule has 1 N–H and O–H groups in total. The van der Waals surface area contributed by atoms with E-state index in [9.17, 15) is 0 Å². The van der Waals surface area contributed by atoms with Gasteiger partial charge in [-0.3, -0.25) is 0 Å². The van der Waals surface area contributed by atoms with Crippen LogP contribution < -0.4 is 0 Å². The Kier molecular flexibility index (Phi) is 2.91. The molecular formula is C3H5Cl2O. The quantitative estimate of drug-likeness (QED) is 0.522. The Bertz CT molecular complexity index is 29.8. The summed E-state index contributed by atoms with van der Waals surface area (Å²) < 4.78 is 0. The molecule has 0 saturated heterocycles. The molecule has 0 aromatic heterocycles. The second-order valence-electron chi connectivity index (χ2n) is 0.902. The van der Waals surface area contributed by atoms with E-state index in [1.54, 1.807) is 0 Å². The van der Waals surface area contributed by atoms with Crippen LogP contribution in [0.2, 0.25) is 0 Å². The van der Waals surface area contributed by atoms with Crippen LogP contribution in [0, 0.1) is 6.92 Å². The number of hydrogen-bond acceptors (Lipinski definition) is 1. The topological polar surface area (TPSA) is 20.2 Å². The summed E-state index contributed by atoms with van der Waals surface area (Å²) >= 11 is 10.1. The molecule has 0 amide bonds. The number of aliphatic hydroxyl groups is 1. The van der Waals surface area contributed by atoms with Crippen molar-refractivity contribution >= 4 is 23.2 Å². The van der Waals surface area contributed by atoms with E-state index in [-0.39, 0.29) is 0 Å². The van der Waals surface area contributed by atoms with Gasteiger partial charge in [0.25, 0.3) is 0 Å². The average Bonchev–Trinajstić information content (AvgIpc) is 1.36. The molecule has 0 spiro atoms. The highest BCUT2D eigenvalue weighted by Crippen LogP contribution is 2.04. The van der Waals surface area contributed by atoms with Gasteiger partial charge in [0.05, 0.1) is 6.10 Å². The maximum Gasteiger partial charge on any atom is 0.133 e. The molecular weight excluding hydrogens is 123 g/mol. The Morgan fingerprint density at radius 2 is 1.67 bits per heavy atom. The molecule has 1 nitrogen and oxygen atoms in total. The van der Waals surface area contributed by atoms with Gasteiger partial charge in [-0.15, -0.1) is 23.2 Å². The first-order valence-electron chi connectivity index (χ1n) is 1.44. The van der Waals surface area contributed by atoms with Crippen LogP contribution >= 0.6 is 23.2 Å². The lowest BCUT2D eigenvalue weighted by Crippen LogP contribution is -2.08. The van der Waals surface area contributed by atoms with Crippen LogP contribution in [-0.4, -0.2) is 16.0 Å². The average molecular weight is 128 g/mol. The lowest BCUT2D eigenvalue weighted by molar-refractivity contribution is 0.235. The lowest BCUT2D eigenvalue weighted by atomic mass is 10.5. The van der Waals surface area contributed by atoms with E-state index in [0.717, 1.165) is 0 Å². The molecule has 0 heterocycles. The van der Waals surface area contributed by atoms with Crippen molar-refractivity contribution in [3.8, 4) is 0 Å². The van der Waals surface area contributed by atoms with Crippen LogP contribution in [0.15, 0.2) is 0 Å². The van der Waals surface area contributed by atoms with Crippen LogP contribution in [0.5, 0.6) is 0 Å². The summed E-state index contributed by atoms with van der Waals surface area (Å²) in [6, 6.07) is 0. The summed E-state index contributed by atoms with van der Waals surface area (Å²) in [5.41, 5.74) is 0. The number of rotatable bonds is 1. The van der Waals surface area contributed by atoms with Gasteiger partial charge in [-0.25, -0.2) is 0 Å². The van der Waals surface area contributed by atoms with Gasteiger partial charge < -0.3 is 5.11 Å². The number of aliphatic hydroxyl groups excluding tert-OH is 1. The van der Waals surface area contributed by atoms with Crippen molar-refractivity contribution in [3.05, 3.63) is 6.92 Å². The third kappa shape index (κ3) is 2.76. The minimum Gasteiger partial charge on any atom is -0.390 e. The minimum absolute atomic E-state index is 0.759. The largest absolute Gasteiger partial charge is 0.390 e. The van der Waals surface area contributed by atoms with Gasteiger partial charge in [-0.05, 0) is 6.92 Å². The fourth-order valence-electron chi connectivity index (χ4n) is 0. The van der Waals surface area contributed by atoms with Gasteiger partial charge in [0, 0.05) is 0 Å². The Hall–Kier alpha value is 0.540. The maximum atomic E-state index is 8.25. The summed E-state index contributed by atoms with van der Waals surface area (Å²) in [6.45, 7) is 3.13. The Labute approximate surface area is 46.9 Å². The smallest absolute Gasteiger partial charge is 0.133 e. The Balaban J connectivity index is 2.99. The highest BCUT2D eigenvalue weighted by Gasteiger charge is 2.03. The van der Waals surface area contributed by atoms with Crippen LogP contribution in [0.1, 0.15) is 0 Å². The summed E-state index contributed by atoms with van der Waals surface area (Å²) in [5.74, 6) is 0. The van der Waals surface area contributed by atoms with Crippen LogP contribution in [-0.2, 0) is 0 Å². The third-order valence-corrected chi connectivity index (χ3v) is 0.873. The predicted octanol–water partition coefficient (Wildman–Crippen LogP) is 0.985. The van der Waals surface area contributed by atoms with E-state index >= 15 is 0 Å². The Morgan fingerprint density at radius 1 is 1.50 bits per heavy atom. The molecule has 0 aliphatic carbocycles. The maximum absolute atomic E-state index is 8.25. The van der Waals surface area contributed by atoms with Crippen molar-refractivity contribution in [2.75, 3.05) is 0 Å². The predicted molar refractivity (Wildman–Crippen MR) is 26.9 cm³/mol. The van der Waals surface area contributed by atoms with E-state index in [0.29, 0.717) is 0 Å². The second kappa shape index (κ2) is 2.67. The van der Waals surface area contributed by atoms with E-state index in [2.05, 4.69) is 6.92 Å². The molecule has 1 unspecified atom stereocenters. The van der Waals surface area contributed by atoms with Crippen molar-refractivity contribution in [2.45, 2.75) is 10.9 Å². The molecule has 0 rings (SSSR count). The molecule has 0 aliphatic heterocycles. The molecule has 1 radical (unpaired) electrons. The first kappa shape index (κ1) is 6.54. The molecule has 37 valence electrons. The van der Waals surface area contributed by atoms with Gasteiger partial charge in [-0.2, -0.15) is 0 Å². The first-order chi connectivity index (χ1) is 2.64. The zero-order chi connectivity index (χ0) is 5.15. The summed E-state index contributed by atoms with van der Waals surface area (Å²) in [5, 5.41) is 8.25. The number of alkyl halides is 2. The molecule has 0 aromatic rings. The zero-order valence-corrected chi connectivity index (χ0v) is 4.58. The molecule has 0 saturated carbocycles. The van der Waals surface area contributed by atoms with Crippen molar-refractivity contribution in [1.29, 1.82) is 0 Å². The second-order valence-corrected chi connectivity index (χ2v) is 2.07. The summed E-state index contributed by atoms with van der Waals surface area (Å²) in [4.78, 5) is -0.759.